The van der Waals surface area contributed by atoms with E-state index in [0.717, 1.165) is 48.5 Å². The first-order valence-corrected chi connectivity index (χ1v) is 8.83. The number of piperidine rings is 1. The van der Waals surface area contributed by atoms with Crippen molar-refractivity contribution in [2.75, 3.05) is 18.4 Å². The number of pyridine rings is 1. The standard InChI is InChI=1S/C20H22N4O/c25-20(13-15-8-10-21-11-9-15)22-17-6-4-16(5-7-17)18-14-24-12-2-1-3-19(24)23-18/h1-7,12,14-15,21H,8-11,13H2,(H,22,25). The summed E-state index contributed by atoms with van der Waals surface area (Å²) in [4.78, 5) is 16.8. The molecule has 1 amide bonds. The zero-order valence-corrected chi connectivity index (χ0v) is 14.1. The van der Waals surface area contributed by atoms with E-state index in [1.165, 1.54) is 0 Å². The SMILES string of the molecule is O=C(CC1CCNCC1)Nc1ccc(-c2cn3ccccc3n2)cc1. The molecule has 0 spiro atoms. The van der Waals surface area contributed by atoms with Crippen LogP contribution in [0, 0.1) is 5.92 Å². The molecule has 0 aliphatic carbocycles. The van der Waals surface area contributed by atoms with Crippen LogP contribution in [0.3, 0.4) is 0 Å². The number of rotatable bonds is 4. The van der Waals surface area contributed by atoms with Gasteiger partial charge < -0.3 is 15.0 Å². The van der Waals surface area contributed by atoms with E-state index in [1.807, 2.05) is 59.3 Å². The molecule has 128 valence electrons. The molecule has 2 N–H and O–H groups in total. The summed E-state index contributed by atoms with van der Waals surface area (Å²) in [5.74, 6) is 0.603. The highest BCUT2D eigenvalue weighted by Crippen LogP contribution is 2.22. The summed E-state index contributed by atoms with van der Waals surface area (Å²) in [6.07, 6.45) is 6.78. The number of aromatic nitrogens is 2. The van der Waals surface area contributed by atoms with Gasteiger partial charge in [-0.05, 0) is 56.1 Å². The van der Waals surface area contributed by atoms with Crippen LogP contribution in [0.15, 0.2) is 54.9 Å². The zero-order chi connectivity index (χ0) is 17.1. The van der Waals surface area contributed by atoms with Crippen molar-refractivity contribution < 1.29 is 4.79 Å². The van der Waals surface area contributed by atoms with Crippen molar-refractivity contribution in [3.8, 4) is 11.3 Å². The van der Waals surface area contributed by atoms with Gasteiger partial charge in [0.25, 0.3) is 0 Å². The van der Waals surface area contributed by atoms with Crippen LogP contribution >= 0.6 is 0 Å². The highest BCUT2D eigenvalue weighted by Gasteiger charge is 2.16. The lowest BCUT2D eigenvalue weighted by molar-refractivity contribution is -0.117. The fraction of sp³-hybridized carbons (Fsp3) is 0.300. The third-order valence-corrected chi connectivity index (χ3v) is 4.76. The highest BCUT2D eigenvalue weighted by atomic mass is 16.1. The van der Waals surface area contributed by atoms with Gasteiger partial charge in [-0.2, -0.15) is 0 Å². The number of nitrogens with one attached hydrogen (secondary N) is 2. The van der Waals surface area contributed by atoms with E-state index in [4.69, 9.17) is 0 Å². The first-order valence-electron chi connectivity index (χ1n) is 8.83. The van der Waals surface area contributed by atoms with Crippen LogP contribution in [0.1, 0.15) is 19.3 Å². The number of hydrogen-bond donors (Lipinski definition) is 2. The van der Waals surface area contributed by atoms with Crippen molar-refractivity contribution in [2.24, 2.45) is 5.92 Å². The van der Waals surface area contributed by atoms with E-state index >= 15 is 0 Å². The number of nitrogens with zero attached hydrogens (tertiary/aromatic N) is 2. The molecule has 0 atom stereocenters. The number of benzene rings is 1. The lowest BCUT2D eigenvalue weighted by atomic mass is 9.94. The highest BCUT2D eigenvalue weighted by molar-refractivity contribution is 5.91. The predicted octanol–water partition coefficient (Wildman–Crippen LogP) is 3.33. The summed E-state index contributed by atoms with van der Waals surface area (Å²) in [7, 11) is 0. The average molecular weight is 334 g/mol. The summed E-state index contributed by atoms with van der Waals surface area (Å²) in [5, 5.41) is 6.34. The minimum Gasteiger partial charge on any atom is -0.326 e. The zero-order valence-electron chi connectivity index (χ0n) is 14.1. The first kappa shape index (κ1) is 15.8. The van der Waals surface area contributed by atoms with Gasteiger partial charge in [0.15, 0.2) is 0 Å². The second-order valence-electron chi connectivity index (χ2n) is 6.62. The molecule has 0 radical (unpaired) electrons. The largest absolute Gasteiger partial charge is 0.326 e. The van der Waals surface area contributed by atoms with Crippen molar-refractivity contribution in [1.82, 2.24) is 14.7 Å². The van der Waals surface area contributed by atoms with Gasteiger partial charge >= 0.3 is 0 Å². The first-order chi connectivity index (χ1) is 12.3. The van der Waals surface area contributed by atoms with E-state index < -0.39 is 0 Å². The lowest BCUT2D eigenvalue weighted by Crippen LogP contribution is -2.30. The van der Waals surface area contributed by atoms with Crippen LogP contribution in [0.2, 0.25) is 0 Å². The Morgan fingerprint density at radius 3 is 2.72 bits per heavy atom. The van der Waals surface area contributed by atoms with Gasteiger partial charge in [0.05, 0.1) is 5.69 Å². The monoisotopic (exact) mass is 334 g/mol. The fourth-order valence-corrected chi connectivity index (χ4v) is 3.36. The van der Waals surface area contributed by atoms with Crippen LogP contribution < -0.4 is 10.6 Å². The summed E-state index contributed by atoms with van der Waals surface area (Å²) in [5.41, 5.74) is 3.74. The van der Waals surface area contributed by atoms with Gasteiger partial charge in [-0.3, -0.25) is 4.79 Å². The smallest absolute Gasteiger partial charge is 0.224 e. The van der Waals surface area contributed by atoms with Crippen LogP contribution in [-0.2, 0) is 4.79 Å². The summed E-state index contributed by atoms with van der Waals surface area (Å²) in [6, 6.07) is 13.8. The van der Waals surface area contributed by atoms with Gasteiger partial charge in [-0.25, -0.2) is 4.98 Å². The molecular formula is C20H22N4O. The Morgan fingerprint density at radius 2 is 1.96 bits per heavy atom. The van der Waals surface area contributed by atoms with Gasteiger partial charge in [0.2, 0.25) is 5.91 Å². The number of imidazole rings is 1. The summed E-state index contributed by atoms with van der Waals surface area (Å²) in [6.45, 7) is 2.04. The van der Waals surface area contributed by atoms with Crippen molar-refractivity contribution >= 4 is 17.2 Å². The third-order valence-electron chi connectivity index (χ3n) is 4.76. The molecule has 2 aromatic heterocycles. The molecule has 0 bridgehead atoms. The van der Waals surface area contributed by atoms with Crippen LogP contribution in [0.4, 0.5) is 5.69 Å². The van der Waals surface area contributed by atoms with Crippen molar-refractivity contribution in [1.29, 1.82) is 0 Å². The van der Waals surface area contributed by atoms with Gasteiger partial charge in [0.1, 0.15) is 5.65 Å². The molecule has 5 nitrogen and oxygen atoms in total. The van der Waals surface area contributed by atoms with E-state index in [2.05, 4.69) is 15.6 Å². The maximum atomic E-state index is 12.2. The number of hydrogen-bond acceptors (Lipinski definition) is 3. The lowest BCUT2D eigenvalue weighted by Gasteiger charge is -2.21. The second-order valence-corrected chi connectivity index (χ2v) is 6.62. The Kier molecular flexibility index (Phi) is 4.48. The molecule has 1 aliphatic rings. The molecule has 1 aliphatic heterocycles. The van der Waals surface area contributed by atoms with E-state index in [1.54, 1.807) is 0 Å². The maximum absolute atomic E-state index is 12.2. The van der Waals surface area contributed by atoms with Gasteiger partial charge in [-0.1, -0.05) is 18.2 Å². The molecule has 3 heterocycles. The van der Waals surface area contributed by atoms with Crippen molar-refractivity contribution in [3.63, 3.8) is 0 Å². The normalized spacial score (nSPS) is 15.4. The molecule has 1 fully saturated rings. The predicted molar refractivity (Wildman–Crippen MR) is 99.5 cm³/mol. The Balaban J connectivity index is 1.41. The maximum Gasteiger partial charge on any atom is 0.224 e. The quantitative estimate of drug-likeness (QED) is 0.769. The Morgan fingerprint density at radius 1 is 1.16 bits per heavy atom. The van der Waals surface area contributed by atoms with Gasteiger partial charge in [0, 0.05) is 30.1 Å². The molecule has 0 unspecified atom stereocenters. The number of carbonyl (C=O) groups excluding carboxylic acids is 1. The minimum absolute atomic E-state index is 0.104. The van der Waals surface area contributed by atoms with E-state index in [-0.39, 0.29) is 5.91 Å². The number of fused-ring (bicyclic) bond motifs is 1. The molecule has 3 aromatic rings. The average Bonchev–Trinajstić information content (AvgIpc) is 3.07. The molecule has 5 heteroatoms. The summed E-state index contributed by atoms with van der Waals surface area (Å²) < 4.78 is 2.00. The second kappa shape index (κ2) is 7.07. The Labute approximate surface area is 147 Å². The van der Waals surface area contributed by atoms with Crippen LogP contribution in [-0.4, -0.2) is 28.4 Å². The third kappa shape index (κ3) is 3.72. The molecule has 25 heavy (non-hydrogen) atoms. The van der Waals surface area contributed by atoms with Gasteiger partial charge in [-0.15, -0.1) is 0 Å². The number of anilines is 1. The minimum atomic E-state index is 0.104. The topological polar surface area (TPSA) is 58.4 Å². The van der Waals surface area contributed by atoms with Crippen molar-refractivity contribution in [2.45, 2.75) is 19.3 Å². The fourth-order valence-electron chi connectivity index (χ4n) is 3.36. The van der Waals surface area contributed by atoms with E-state index in [0.29, 0.717) is 12.3 Å². The molecule has 1 saturated heterocycles. The number of carbonyl (C=O) groups is 1. The van der Waals surface area contributed by atoms with Crippen LogP contribution in [0.5, 0.6) is 0 Å². The van der Waals surface area contributed by atoms with Crippen LogP contribution in [0.25, 0.3) is 16.9 Å². The molecular weight excluding hydrogens is 312 g/mol. The van der Waals surface area contributed by atoms with E-state index in [9.17, 15) is 4.79 Å². The Hall–Kier alpha value is -2.66. The van der Waals surface area contributed by atoms with Crippen molar-refractivity contribution in [3.05, 3.63) is 54.9 Å². The number of amides is 1. The molecule has 1 aromatic carbocycles. The molecule has 4 rings (SSSR count). The Bertz CT molecular complexity index is 830. The molecule has 0 saturated carbocycles. The summed E-state index contributed by atoms with van der Waals surface area (Å²) >= 11 is 0.